The Morgan fingerprint density at radius 1 is 1.32 bits per heavy atom. The number of hydrogen-bond donors (Lipinski definition) is 1. The van der Waals surface area contributed by atoms with Gasteiger partial charge in [0.15, 0.2) is 0 Å². The van der Waals surface area contributed by atoms with E-state index in [1.54, 1.807) is 13.3 Å². The maximum Gasteiger partial charge on any atom is 0.262 e. The smallest absolute Gasteiger partial charge is 0.262 e. The van der Waals surface area contributed by atoms with Gasteiger partial charge in [0.1, 0.15) is 17.6 Å². The molecule has 130 valence electrons. The van der Waals surface area contributed by atoms with Crippen molar-refractivity contribution in [2.24, 2.45) is 7.05 Å². The largest absolute Gasteiger partial charge is 0.496 e. The Labute approximate surface area is 151 Å². The number of rotatable bonds is 5. The van der Waals surface area contributed by atoms with Crippen molar-refractivity contribution in [1.82, 2.24) is 14.9 Å². The number of para-hydroxylation sites is 1. The zero-order chi connectivity index (χ0) is 18.0. The fraction of sp³-hybridized carbons (Fsp3) is 0.263. The molecule has 0 aliphatic carbocycles. The average Bonchev–Trinajstić information content (AvgIpc) is 3.18. The van der Waals surface area contributed by atoms with Gasteiger partial charge in [0.25, 0.3) is 5.91 Å². The second-order valence-electron chi connectivity index (χ2n) is 5.89. The summed E-state index contributed by atoms with van der Waals surface area (Å²) in [6, 6.07) is 9.20. The van der Waals surface area contributed by atoms with Crippen LogP contribution in [0, 0.1) is 13.8 Å². The molecule has 0 spiro atoms. The Bertz CT molecular complexity index is 878. The lowest BCUT2D eigenvalue weighted by atomic mass is 10.0. The molecule has 5 nitrogen and oxygen atoms in total. The molecule has 0 aliphatic heterocycles. The molecule has 1 N–H and O–H groups in total. The maximum absolute atomic E-state index is 12.8. The summed E-state index contributed by atoms with van der Waals surface area (Å²) in [5.41, 5.74) is 2.00. The van der Waals surface area contributed by atoms with Crippen LogP contribution in [0.15, 0.2) is 42.7 Å². The number of aromatic nitrogens is 2. The van der Waals surface area contributed by atoms with E-state index in [2.05, 4.69) is 10.3 Å². The Kier molecular flexibility index (Phi) is 4.90. The number of aryl methyl sites for hydroxylation is 3. The van der Waals surface area contributed by atoms with E-state index in [1.165, 1.54) is 11.3 Å². The van der Waals surface area contributed by atoms with Crippen molar-refractivity contribution < 1.29 is 9.53 Å². The van der Waals surface area contributed by atoms with Gasteiger partial charge in [-0.15, -0.1) is 11.3 Å². The molecule has 3 aromatic rings. The molecule has 0 radical (unpaired) electrons. The highest BCUT2D eigenvalue weighted by molar-refractivity contribution is 7.14. The van der Waals surface area contributed by atoms with Crippen LogP contribution in [0.3, 0.4) is 0 Å². The summed E-state index contributed by atoms with van der Waals surface area (Å²) in [7, 11) is 3.54. The maximum atomic E-state index is 12.8. The van der Waals surface area contributed by atoms with Crippen molar-refractivity contribution in [3.8, 4) is 5.75 Å². The van der Waals surface area contributed by atoms with Gasteiger partial charge in [-0.25, -0.2) is 4.98 Å². The molecule has 0 unspecified atom stereocenters. The van der Waals surface area contributed by atoms with E-state index in [0.29, 0.717) is 10.6 Å². The lowest BCUT2D eigenvalue weighted by Gasteiger charge is -2.21. The minimum absolute atomic E-state index is 0.111. The van der Waals surface area contributed by atoms with Crippen molar-refractivity contribution in [2.75, 3.05) is 7.11 Å². The number of carbonyl (C=O) groups excluding carboxylic acids is 1. The van der Waals surface area contributed by atoms with E-state index in [-0.39, 0.29) is 5.91 Å². The zero-order valence-electron chi connectivity index (χ0n) is 14.7. The molecule has 0 bridgehead atoms. The highest BCUT2D eigenvalue weighted by atomic mass is 32.1. The fourth-order valence-electron chi connectivity index (χ4n) is 2.73. The minimum Gasteiger partial charge on any atom is -0.496 e. The zero-order valence-corrected chi connectivity index (χ0v) is 15.6. The van der Waals surface area contributed by atoms with Gasteiger partial charge >= 0.3 is 0 Å². The summed E-state index contributed by atoms with van der Waals surface area (Å²) in [5.74, 6) is 1.36. The van der Waals surface area contributed by atoms with E-state index < -0.39 is 6.04 Å². The van der Waals surface area contributed by atoms with E-state index in [9.17, 15) is 4.79 Å². The number of amides is 1. The third-order valence-electron chi connectivity index (χ3n) is 4.23. The van der Waals surface area contributed by atoms with Crippen LogP contribution >= 0.6 is 11.3 Å². The first-order valence-electron chi connectivity index (χ1n) is 7.99. The predicted molar refractivity (Wildman–Crippen MR) is 99.3 cm³/mol. The van der Waals surface area contributed by atoms with E-state index in [1.807, 2.05) is 62.0 Å². The third kappa shape index (κ3) is 3.44. The van der Waals surface area contributed by atoms with Gasteiger partial charge in [-0.05, 0) is 31.5 Å². The third-order valence-corrected chi connectivity index (χ3v) is 5.38. The number of imidazole rings is 1. The summed E-state index contributed by atoms with van der Waals surface area (Å²) in [6.45, 7) is 4.03. The number of methoxy groups -OCH3 is 1. The van der Waals surface area contributed by atoms with Crippen LogP contribution in [0.25, 0.3) is 0 Å². The summed E-state index contributed by atoms with van der Waals surface area (Å²) in [5, 5.41) is 3.12. The standard InChI is InChI=1S/C19H21N3O2S/c1-12-11-16(25-13(12)2)19(23)21-17(18-20-9-10-22(18)3)14-7-5-6-8-15(14)24-4/h5-11,17H,1-4H3,(H,21,23)/t17-/m1/s1. The highest BCUT2D eigenvalue weighted by Gasteiger charge is 2.25. The van der Waals surface area contributed by atoms with Gasteiger partial charge in [0.05, 0.1) is 12.0 Å². The van der Waals surface area contributed by atoms with Crippen molar-refractivity contribution in [2.45, 2.75) is 19.9 Å². The quantitative estimate of drug-likeness (QED) is 0.760. The summed E-state index contributed by atoms with van der Waals surface area (Å²) >= 11 is 1.50. The van der Waals surface area contributed by atoms with Crippen LogP contribution in [0.1, 0.15) is 37.5 Å². The molecular weight excluding hydrogens is 334 g/mol. The number of thiophene rings is 1. The molecule has 2 aromatic heterocycles. The van der Waals surface area contributed by atoms with Gasteiger partial charge in [-0.2, -0.15) is 0 Å². The Morgan fingerprint density at radius 3 is 2.68 bits per heavy atom. The molecule has 3 rings (SSSR count). The lowest BCUT2D eigenvalue weighted by Crippen LogP contribution is -2.30. The fourth-order valence-corrected chi connectivity index (χ4v) is 3.67. The van der Waals surface area contributed by atoms with E-state index in [0.717, 1.165) is 21.8 Å². The first-order chi connectivity index (χ1) is 12.0. The Balaban J connectivity index is 2.00. The summed E-state index contributed by atoms with van der Waals surface area (Å²) in [6.07, 6.45) is 3.59. The number of benzene rings is 1. The molecule has 0 saturated heterocycles. The monoisotopic (exact) mass is 355 g/mol. The number of nitrogens with one attached hydrogen (secondary N) is 1. The van der Waals surface area contributed by atoms with Crippen LogP contribution in [0.5, 0.6) is 5.75 Å². The topological polar surface area (TPSA) is 56.1 Å². The second kappa shape index (κ2) is 7.11. The molecule has 25 heavy (non-hydrogen) atoms. The van der Waals surface area contributed by atoms with Crippen LogP contribution in [0.2, 0.25) is 0 Å². The average molecular weight is 355 g/mol. The molecule has 0 saturated carbocycles. The molecular formula is C19H21N3O2S. The minimum atomic E-state index is -0.397. The van der Waals surface area contributed by atoms with Crippen molar-refractivity contribution in [3.05, 3.63) is 69.4 Å². The summed E-state index contributed by atoms with van der Waals surface area (Å²) in [4.78, 5) is 19.1. The van der Waals surface area contributed by atoms with Gasteiger partial charge in [-0.1, -0.05) is 18.2 Å². The molecule has 1 amide bonds. The number of nitrogens with zero attached hydrogens (tertiary/aromatic N) is 2. The Morgan fingerprint density at radius 2 is 2.08 bits per heavy atom. The van der Waals surface area contributed by atoms with Crippen molar-refractivity contribution in [1.29, 1.82) is 0 Å². The van der Waals surface area contributed by atoms with Crippen molar-refractivity contribution >= 4 is 17.2 Å². The molecule has 0 aliphatic rings. The first kappa shape index (κ1) is 17.2. The second-order valence-corrected chi connectivity index (χ2v) is 7.15. The molecule has 2 heterocycles. The lowest BCUT2D eigenvalue weighted by molar-refractivity contribution is 0.0945. The van der Waals surface area contributed by atoms with E-state index in [4.69, 9.17) is 4.74 Å². The van der Waals surface area contributed by atoms with Gasteiger partial charge in [-0.3, -0.25) is 4.79 Å². The summed E-state index contributed by atoms with van der Waals surface area (Å²) < 4.78 is 7.39. The first-order valence-corrected chi connectivity index (χ1v) is 8.81. The Hall–Kier alpha value is -2.60. The van der Waals surface area contributed by atoms with Crippen LogP contribution in [-0.4, -0.2) is 22.6 Å². The normalized spacial score (nSPS) is 12.0. The molecule has 6 heteroatoms. The number of hydrogen-bond acceptors (Lipinski definition) is 4. The van der Waals surface area contributed by atoms with Crippen LogP contribution in [-0.2, 0) is 7.05 Å². The van der Waals surface area contributed by atoms with Gasteiger partial charge < -0.3 is 14.6 Å². The molecule has 1 aromatic carbocycles. The van der Waals surface area contributed by atoms with Crippen LogP contribution in [0.4, 0.5) is 0 Å². The van der Waals surface area contributed by atoms with Gasteiger partial charge in [0, 0.05) is 29.9 Å². The molecule has 1 atom stereocenters. The number of ether oxygens (including phenoxy) is 1. The van der Waals surface area contributed by atoms with Crippen molar-refractivity contribution in [3.63, 3.8) is 0 Å². The highest BCUT2D eigenvalue weighted by Crippen LogP contribution is 2.30. The molecule has 0 fully saturated rings. The van der Waals surface area contributed by atoms with E-state index >= 15 is 0 Å². The van der Waals surface area contributed by atoms with Gasteiger partial charge in [0.2, 0.25) is 0 Å². The SMILES string of the molecule is COc1ccccc1[C@@H](NC(=O)c1cc(C)c(C)s1)c1nccn1C. The van der Waals surface area contributed by atoms with Crippen LogP contribution < -0.4 is 10.1 Å². The predicted octanol–water partition coefficient (Wildman–Crippen LogP) is 3.63. The number of carbonyl (C=O) groups is 1.